The normalized spacial score (nSPS) is 17.1. The summed E-state index contributed by atoms with van der Waals surface area (Å²) in [6.45, 7) is 1.62. The van der Waals surface area contributed by atoms with Gasteiger partial charge in [0.25, 0.3) is 0 Å². The van der Waals surface area contributed by atoms with Gasteiger partial charge in [-0.1, -0.05) is 0 Å². The average molecular weight is 395 g/mol. The second kappa shape index (κ2) is 7.13. The molecule has 144 valence electrons. The molecule has 0 saturated carbocycles. The molecule has 0 amide bonds. The van der Waals surface area contributed by atoms with Crippen LogP contribution < -0.4 is 4.90 Å². The molecule has 3 aromatic heterocycles. The maximum Gasteiger partial charge on any atom is 0.308 e. The van der Waals surface area contributed by atoms with E-state index in [2.05, 4.69) is 9.88 Å². The zero-order valence-electron chi connectivity index (χ0n) is 15.9. The molecule has 0 bridgehead atoms. The Labute approximate surface area is 167 Å². The monoisotopic (exact) mass is 394 g/mol. The largest absolute Gasteiger partial charge is 0.469 e. The van der Waals surface area contributed by atoms with Gasteiger partial charge in [0, 0.05) is 35.9 Å². The van der Waals surface area contributed by atoms with E-state index in [-0.39, 0.29) is 11.9 Å². The summed E-state index contributed by atoms with van der Waals surface area (Å²) < 4.78 is 4.94. The standard InChI is InChI=1S/C21H22N4O2S/c1-27-21(26)13-7-10-25(11-8-13)19-17-15-5-2-6-16(15)28-20(17)24-18(23-19)14-4-3-9-22-12-14/h3-4,9,12-13H,2,5-8,10-11H2,1H3. The number of thiophene rings is 1. The van der Waals surface area contributed by atoms with Crippen molar-refractivity contribution in [3.63, 3.8) is 0 Å². The van der Waals surface area contributed by atoms with Crippen LogP contribution in [0.3, 0.4) is 0 Å². The molecule has 4 heterocycles. The number of carbonyl (C=O) groups is 1. The summed E-state index contributed by atoms with van der Waals surface area (Å²) in [7, 11) is 1.47. The van der Waals surface area contributed by atoms with E-state index < -0.39 is 0 Å². The van der Waals surface area contributed by atoms with E-state index >= 15 is 0 Å². The molecule has 6 nitrogen and oxygen atoms in total. The number of aromatic nitrogens is 3. The maximum absolute atomic E-state index is 11.9. The lowest BCUT2D eigenvalue weighted by Gasteiger charge is -2.32. The molecule has 0 atom stereocenters. The number of hydrogen-bond acceptors (Lipinski definition) is 7. The Morgan fingerprint density at radius 3 is 2.86 bits per heavy atom. The molecule has 1 aliphatic heterocycles. The van der Waals surface area contributed by atoms with Crippen LogP contribution in [0.1, 0.15) is 29.7 Å². The highest BCUT2D eigenvalue weighted by Crippen LogP contribution is 2.42. The molecule has 0 aromatic carbocycles. The minimum atomic E-state index is -0.0973. The van der Waals surface area contributed by atoms with Crippen molar-refractivity contribution in [1.82, 2.24) is 15.0 Å². The van der Waals surface area contributed by atoms with Crippen molar-refractivity contribution in [3.05, 3.63) is 35.0 Å². The van der Waals surface area contributed by atoms with Gasteiger partial charge in [-0.05, 0) is 49.8 Å². The SMILES string of the molecule is COC(=O)C1CCN(c2nc(-c3cccnc3)nc3sc4c(c23)CCC4)CC1. The van der Waals surface area contributed by atoms with Crippen molar-refractivity contribution in [3.8, 4) is 11.4 Å². The van der Waals surface area contributed by atoms with Crippen LogP contribution >= 0.6 is 11.3 Å². The van der Waals surface area contributed by atoms with E-state index in [1.54, 1.807) is 6.20 Å². The molecule has 1 aliphatic carbocycles. The molecular weight excluding hydrogens is 372 g/mol. The Balaban J connectivity index is 1.58. The number of hydrogen-bond donors (Lipinski definition) is 0. The van der Waals surface area contributed by atoms with E-state index in [9.17, 15) is 4.79 Å². The van der Waals surface area contributed by atoms with Crippen LogP contribution in [0.4, 0.5) is 5.82 Å². The van der Waals surface area contributed by atoms with Gasteiger partial charge in [0.05, 0.1) is 18.4 Å². The van der Waals surface area contributed by atoms with Gasteiger partial charge >= 0.3 is 5.97 Å². The Kier molecular flexibility index (Phi) is 4.47. The number of anilines is 1. The van der Waals surface area contributed by atoms with Crippen molar-refractivity contribution < 1.29 is 9.53 Å². The molecule has 5 rings (SSSR count). The first-order valence-corrected chi connectivity index (χ1v) is 10.6. The average Bonchev–Trinajstić information content (AvgIpc) is 3.34. The summed E-state index contributed by atoms with van der Waals surface area (Å²) >= 11 is 1.81. The van der Waals surface area contributed by atoms with Crippen LogP contribution in [0.5, 0.6) is 0 Å². The van der Waals surface area contributed by atoms with Gasteiger partial charge < -0.3 is 9.64 Å². The highest BCUT2D eigenvalue weighted by molar-refractivity contribution is 7.19. The van der Waals surface area contributed by atoms with Crippen LogP contribution in [0.15, 0.2) is 24.5 Å². The van der Waals surface area contributed by atoms with Crippen LogP contribution in [-0.4, -0.2) is 41.1 Å². The molecule has 28 heavy (non-hydrogen) atoms. The molecule has 3 aromatic rings. The fourth-order valence-corrected chi connectivity index (χ4v) is 5.58. The number of carbonyl (C=O) groups excluding carboxylic acids is 1. The van der Waals surface area contributed by atoms with Crippen molar-refractivity contribution in [2.75, 3.05) is 25.1 Å². The fourth-order valence-electron chi connectivity index (χ4n) is 4.32. The Bertz CT molecular complexity index is 1030. The summed E-state index contributed by atoms with van der Waals surface area (Å²) in [5, 5.41) is 1.22. The lowest BCUT2D eigenvalue weighted by Crippen LogP contribution is -2.37. The van der Waals surface area contributed by atoms with Gasteiger partial charge in [-0.25, -0.2) is 9.97 Å². The van der Waals surface area contributed by atoms with Crippen molar-refractivity contribution in [2.45, 2.75) is 32.1 Å². The molecule has 0 N–H and O–H groups in total. The Morgan fingerprint density at radius 2 is 2.11 bits per heavy atom. The first-order chi connectivity index (χ1) is 13.7. The molecule has 1 saturated heterocycles. The summed E-state index contributed by atoms with van der Waals surface area (Å²) in [5.74, 6) is 1.64. The third-order valence-corrected chi connectivity index (χ3v) is 6.98. The van der Waals surface area contributed by atoms with Gasteiger partial charge in [-0.15, -0.1) is 11.3 Å². The van der Waals surface area contributed by atoms with Crippen LogP contribution in [0, 0.1) is 5.92 Å². The van der Waals surface area contributed by atoms with Gasteiger partial charge in [0.1, 0.15) is 10.6 Å². The van der Waals surface area contributed by atoms with E-state index in [0.717, 1.165) is 60.8 Å². The minimum absolute atomic E-state index is 0.00967. The minimum Gasteiger partial charge on any atom is -0.469 e. The smallest absolute Gasteiger partial charge is 0.308 e. The number of ether oxygens (including phenoxy) is 1. The molecule has 7 heteroatoms. The number of piperidine rings is 1. The number of fused-ring (bicyclic) bond motifs is 3. The Hall–Kier alpha value is -2.54. The van der Waals surface area contributed by atoms with Crippen molar-refractivity contribution >= 4 is 33.3 Å². The summed E-state index contributed by atoms with van der Waals surface area (Å²) in [5.41, 5.74) is 2.37. The van der Waals surface area contributed by atoms with E-state index in [0.29, 0.717) is 0 Å². The summed E-state index contributed by atoms with van der Waals surface area (Å²) in [4.78, 5) is 30.9. The molecular formula is C21H22N4O2S. The maximum atomic E-state index is 11.9. The first kappa shape index (κ1) is 17.6. The van der Waals surface area contributed by atoms with Gasteiger partial charge in [0.2, 0.25) is 0 Å². The van der Waals surface area contributed by atoms with Crippen molar-refractivity contribution in [1.29, 1.82) is 0 Å². The molecule has 2 aliphatic rings. The molecule has 0 spiro atoms. The van der Waals surface area contributed by atoms with Gasteiger partial charge in [-0.2, -0.15) is 0 Å². The van der Waals surface area contributed by atoms with E-state index in [4.69, 9.17) is 14.7 Å². The molecule has 1 fully saturated rings. The number of rotatable bonds is 3. The lowest BCUT2D eigenvalue weighted by atomic mass is 9.97. The predicted molar refractivity (Wildman–Crippen MR) is 110 cm³/mol. The lowest BCUT2D eigenvalue weighted by molar-refractivity contribution is -0.146. The third-order valence-electron chi connectivity index (χ3n) is 5.79. The molecule has 0 radical (unpaired) electrons. The number of nitrogens with zero attached hydrogens (tertiary/aromatic N) is 4. The van der Waals surface area contributed by atoms with E-state index in [1.807, 2.05) is 29.7 Å². The molecule has 0 unspecified atom stereocenters. The van der Waals surface area contributed by atoms with Crippen LogP contribution in [-0.2, 0) is 22.4 Å². The fraction of sp³-hybridized carbons (Fsp3) is 0.429. The van der Waals surface area contributed by atoms with E-state index in [1.165, 1.54) is 29.4 Å². The highest BCUT2D eigenvalue weighted by atomic mass is 32.1. The topological polar surface area (TPSA) is 68.2 Å². The summed E-state index contributed by atoms with van der Waals surface area (Å²) in [6, 6.07) is 3.92. The van der Waals surface area contributed by atoms with Crippen molar-refractivity contribution in [2.24, 2.45) is 5.92 Å². The zero-order valence-corrected chi connectivity index (χ0v) is 16.7. The number of pyridine rings is 1. The van der Waals surface area contributed by atoms with Crippen LogP contribution in [0.2, 0.25) is 0 Å². The highest BCUT2D eigenvalue weighted by Gasteiger charge is 2.30. The predicted octanol–water partition coefficient (Wildman–Crippen LogP) is 3.63. The summed E-state index contributed by atoms with van der Waals surface area (Å²) in [6.07, 6.45) is 8.64. The second-order valence-corrected chi connectivity index (χ2v) is 8.52. The Morgan fingerprint density at radius 1 is 1.25 bits per heavy atom. The number of methoxy groups -OCH3 is 1. The number of aryl methyl sites for hydroxylation is 2. The zero-order chi connectivity index (χ0) is 19.1. The first-order valence-electron chi connectivity index (χ1n) is 9.80. The third kappa shape index (κ3) is 2.94. The van der Waals surface area contributed by atoms with Gasteiger partial charge in [-0.3, -0.25) is 9.78 Å². The number of esters is 1. The van der Waals surface area contributed by atoms with Gasteiger partial charge in [0.15, 0.2) is 5.82 Å². The quantitative estimate of drug-likeness (QED) is 0.632. The second-order valence-electron chi connectivity index (χ2n) is 7.43. The van der Waals surface area contributed by atoms with Crippen LogP contribution in [0.25, 0.3) is 21.6 Å².